The van der Waals surface area contributed by atoms with Crippen molar-refractivity contribution in [1.82, 2.24) is 4.90 Å². The highest BCUT2D eigenvalue weighted by atomic mass is 16.4. The van der Waals surface area contributed by atoms with Crippen molar-refractivity contribution < 1.29 is 19.8 Å². The summed E-state index contributed by atoms with van der Waals surface area (Å²) in [5.41, 5.74) is 1.43. The lowest BCUT2D eigenvalue weighted by Crippen LogP contribution is -2.46. The summed E-state index contributed by atoms with van der Waals surface area (Å²) < 4.78 is 0. The summed E-state index contributed by atoms with van der Waals surface area (Å²) in [6.07, 6.45) is 0.676. The van der Waals surface area contributed by atoms with Crippen molar-refractivity contribution in [3.63, 3.8) is 0 Å². The van der Waals surface area contributed by atoms with E-state index in [4.69, 9.17) is 5.11 Å². The molecule has 0 spiro atoms. The van der Waals surface area contributed by atoms with Gasteiger partial charge in [-0.1, -0.05) is 13.0 Å². The zero-order valence-electron chi connectivity index (χ0n) is 12.7. The standard InChI is InChI=1S/C15H22N2O4/c1-4-8-16(10-14(19)20)15(21)17(5-2)13-9-12(18)7-6-11(13)3/h6-7,9,18H,4-5,8,10H2,1-3H3,(H,19,20). The summed E-state index contributed by atoms with van der Waals surface area (Å²) >= 11 is 0. The minimum absolute atomic E-state index is 0.0714. The van der Waals surface area contributed by atoms with Crippen molar-refractivity contribution in [2.75, 3.05) is 24.5 Å². The fraction of sp³-hybridized carbons (Fsp3) is 0.467. The number of carboxylic acid groups (broad SMARTS) is 1. The van der Waals surface area contributed by atoms with Crippen molar-refractivity contribution in [3.05, 3.63) is 23.8 Å². The molecule has 21 heavy (non-hydrogen) atoms. The van der Waals surface area contributed by atoms with Gasteiger partial charge in [-0.3, -0.25) is 9.69 Å². The van der Waals surface area contributed by atoms with Crippen molar-refractivity contribution in [2.24, 2.45) is 0 Å². The Morgan fingerprint density at radius 1 is 1.24 bits per heavy atom. The van der Waals surface area contributed by atoms with E-state index in [-0.39, 0.29) is 18.3 Å². The lowest BCUT2D eigenvalue weighted by atomic mass is 10.1. The topological polar surface area (TPSA) is 81.1 Å². The van der Waals surface area contributed by atoms with Gasteiger partial charge in [0.15, 0.2) is 0 Å². The number of aromatic hydroxyl groups is 1. The molecule has 0 aliphatic carbocycles. The second kappa shape index (κ2) is 7.52. The molecule has 0 unspecified atom stereocenters. The van der Waals surface area contributed by atoms with Gasteiger partial charge in [0.05, 0.1) is 5.69 Å². The van der Waals surface area contributed by atoms with Gasteiger partial charge in [-0.25, -0.2) is 4.79 Å². The van der Waals surface area contributed by atoms with Crippen LogP contribution in [0.2, 0.25) is 0 Å². The highest BCUT2D eigenvalue weighted by Crippen LogP contribution is 2.25. The van der Waals surface area contributed by atoms with Gasteiger partial charge < -0.3 is 15.1 Å². The Kier molecular flexibility index (Phi) is 6.02. The van der Waals surface area contributed by atoms with Gasteiger partial charge in [0.1, 0.15) is 12.3 Å². The normalized spacial score (nSPS) is 10.2. The van der Waals surface area contributed by atoms with E-state index < -0.39 is 5.97 Å². The quantitative estimate of drug-likeness (QED) is 0.844. The van der Waals surface area contributed by atoms with Gasteiger partial charge in [-0.2, -0.15) is 0 Å². The Morgan fingerprint density at radius 3 is 2.43 bits per heavy atom. The van der Waals surface area contributed by atoms with Gasteiger partial charge in [-0.05, 0) is 31.9 Å². The van der Waals surface area contributed by atoms with Crippen LogP contribution in [0, 0.1) is 6.92 Å². The van der Waals surface area contributed by atoms with Crippen LogP contribution in [0.5, 0.6) is 5.75 Å². The Labute approximate surface area is 124 Å². The molecule has 0 aliphatic heterocycles. The number of urea groups is 1. The molecule has 0 saturated heterocycles. The average Bonchev–Trinajstić information content (AvgIpc) is 2.42. The van der Waals surface area contributed by atoms with Crippen LogP contribution in [0.15, 0.2) is 18.2 Å². The van der Waals surface area contributed by atoms with Crippen LogP contribution in [0.3, 0.4) is 0 Å². The molecule has 116 valence electrons. The molecular weight excluding hydrogens is 272 g/mol. The van der Waals surface area contributed by atoms with E-state index in [0.29, 0.717) is 25.2 Å². The number of benzene rings is 1. The molecule has 0 heterocycles. The molecule has 6 heteroatoms. The van der Waals surface area contributed by atoms with Gasteiger partial charge in [0.2, 0.25) is 0 Å². The van der Waals surface area contributed by atoms with Crippen LogP contribution in [0.4, 0.5) is 10.5 Å². The number of carbonyl (C=O) groups excluding carboxylic acids is 1. The predicted octanol–water partition coefficient (Wildman–Crippen LogP) is 2.44. The SMILES string of the molecule is CCCN(CC(=O)O)C(=O)N(CC)c1cc(O)ccc1C. The van der Waals surface area contributed by atoms with Crippen LogP contribution in [0.25, 0.3) is 0 Å². The number of hydrogen-bond donors (Lipinski definition) is 2. The zero-order chi connectivity index (χ0) is 16.0. The first kappa shape index (κ1) is 16.8. The van der Waals surface area contributed by atoms with Crippen LogP contribution >= 0.6 is 0 Å². The number of phenolic OH excluding ortho intramolecular Hbond substituents is 1. The van der Waals surface area contributed by atoms with E-state index in [1.807, 2.05) is 20.8 Å². The number of rotatable bonds is 6. The van der Waals surface area contributed by atoms with E-state index in [1.165, 1.54) is 15.9 Å². The van der Waals surface area contributed by atoms with Crippen molar-refractivity contribution >= 4 is 17.7 Å². The molecule has 0 fully saturated rings. The first-order valence-electron chi connectivity index (χ1n) is 6.98. The largest absolute Gasteiger partial charge is 0.508 e. The zero-order valence-corrected chi connectivity index (χ0v) is 12.7. The van der Waals surface area contributed by atoms with Gasteiger partial charge in [0, 0.05) is 19.2 Å². The lowest BCUT2D eigenvalue weighted by Gasteiger charge is -2.30. The summed E-state index contributed by atoms with van der Waals surface area (Å²) in [4.78, 5) is 26.3. The predicted molar refractivity (Wildman–Crippen MR) is 80.8 cm³/mol. The molecule has 2 N–H and O–H groups in total. The molecule has 0 aromatic heterocycles. The minimum Gasteiger partial charge on any atom is -0.508 e. The van der Waals surface area contributed by atoms with Crippen molar-refractivity contribution in [3.8, 4) is 5.75 Å². The number of nitrogens with zero attached hydrogens (tertiary/aromatic N) is 2. The molecule has 0 radical (unpaired) electrons. The third-order valence-corrected chi connectivity index (χ3v) is 3.12. The number of hydrogen-bond acceptors (Lipinski definition) is 3. The third kappa shape index (κ3) is 4.37. The molecule has 1 aromatic rings. The second-order valence-corrected chi connectivity index (χ2v) is 4.81. The summed E-state index contributed by atoms with van der Waals surface area (Å²) in [6, 6.07) is 4.43. The molecule has 1 rings (SSSR count). The Hall–Kier alpha value is -2.24. The van der Waals surface area contributed by atoms with Crippen LogP contribution in [0.1, 0.15) is 25.8 Å². The molecule has 1 aromatic carbocycles. The molecule has 2 amide bonds. The number of anilines is 1. The highest BCUT2D eigenvalue weighted by Gasteiger charge is 2.23. The summed E-state index contributed by atoms with van der Waals surface area (Å²) in [7, 11) is 0. The Balaban J connectivity index is 3.08. The van der Waals surface area contributed by atoms with Crippen LogP contribution in [-0.4, -0.2) is 46.7 Å². The third-order valence-electron chi connectivity index (χ3n) is 3.12. The number of amides is 2. The van der Waals surface area contributed by atoms with E-state index in [2.05, 4.69) is 0 Å². The van der Waals surface area contributed by atoms with E-state index in [9.17, 15) is 14.7 Å². The fourth-order valence-electron chi connectivity index (χ4n) is 2.14. The number of carbonyl (C=O) groups is 2. The van der Waals surface area contributed by atoms with Gasteiger partial charge in [0.25, 0.3) is 0 Å². The Bertz CT molecular complexity index is 516. The molecule has 6 nitrogen and oxygen atoms in total. The lowest BCUT2D eigenvalue weighted by molar-refractivity contribution is -0.137. The summed E-state index contributed by atoms with van der Waals surface area (Å²) in [5, 5.41) is 18.5. The number of aliphatic carboxylic acids is 1. The van der Waals surface area contributed by atoms with Crippen LogP contribution in [-0.2, 0) is 4.79 Å². The second-order valence-electron chi connectivity index (χ2n) is 4.81. The van der Waals surface area contributed by atoms with E-state index in [1.54, 1.807) is 12.1 Å². The highest BCUT2D eigenvalue weighted by molar-refractivity contribution is 5.94. The minimum atomic E-state index is -1.04. The number of aryl methyl sites for hydroxylation is 1. The van der Waals surface area contributed by atoms with Gasteiger partial charge >= 0.3 is 12.0 Å². The summed E-state index contributed by atoms with van der Waals surface area (Å²) in [5.74, 6) is -0.970. The number of carboxylic acids is 1. The maximum Gasteiger partial charge on any atom is 0.325 e. The van der Waals surface area contributed by atoms with E-state index >= 15 is 0 Å². The molecule has 0 saturated carbocycles. The molecule has 0 aliphatic rings. The van der Waals surface area contributed by atoms with Crippen molar-refractivity contribution in [2.45, 2.75) is 27.2 Å². The molecule has 0 bridgehead atoms. The fourth-order valence-corrected chi connectivity index (χ4v) is 2.14. The molecular formula is C15H22N2O4. The Morgan fingerprint density at radius 2 is 1.90 bits per heavy atom. The first-order chi connectivity index (χ1) is 9.90. The summed E-state index contributed by atoms with van der Waals surface area (Å²) in [6.45, 7) is 5.97. The molecule has 0 atom stereocenters. The first-order valence-corrected chi connectivity index (χ1v) is 6.98. The van der Waals surface area contributed by atoms with E-state index in [0.717, 1.165) is 5.56 Å². The van der Waals surface area contributed by atoms with Crippen LogP contribution < -0.4 is 4.90 Å². The average molecular weight is 294 g/mol. The number of phenols is 1. The monoisotopic (exact) mass is 294 g/mol. The maximum absolute atomic E-state index is 12.6. The van der Waals surface area contributed by atoms with Gasteiger partial charge in [-0.15, -0.1) is 0 Å². The smallest absolute Gasteiger partial charge is 0.325 e. The van der Waals surface area contributed by atoms with Crippen molar-refractivity contribution in [1.29, 1.82) is 0 Å². The maximum atomic E-state index is 12.6.